The molecule has 128 valence electrons. The molecule has 0 fully saturated rings. The predicted molar refractivity (Wildman–Crippen MR) is 97.5 cm³/mol. The Bertz CT molecular complexity index is 775. The van der Waals surface area contributed by atoms with Crippen molar-refractivity contribution >= 4 is 34.8 Å². The van der Waals surface area contributed by atoms with Crippen molar-refractivity contribution in [3.63, 3.8) is 0 Å². The summed E-state index contributed by atoms with van der Waals surface area (Å²) < 4.78 is 5.51. The third-order valence-electron chi connectivity index (χ3n) is 3.60. The number of phenolic OH excluding ortho intramolecular Hbond substituents is 1. The number of aromatic hydroxyl groups is 1. The molecule has 2 rings (SSSR count). The highest BCUT2D eigenvalue weighted by atomic mass is 35.5. The Hall–Kier alpha value is -1.91. The summed E-state index contributed by atoms with van der Waals surface area (Å²) in [4.78, 5) is 12.1. The minimum atomic E-state index is -0.415. The van der Waals surface area contributed by atoms with Gasteiger partial charge in [-0.05, 0) is 43.5 Å². The van der Waals surface area contributed by atoms with Crippen molar-refractivity contribution in [2.45, 2.75) is 27.2 Å². The number of hydrogen-bond acceptors (Lipinski definition) is 3. The Morgan fingerprint density at radius 2 is 1.96 bits per heavy atom. The molecule has 6 heteroatoms. The van der Waals surface area contributed by atoms with Crippen LogP contribution in [-0.4, -0.2) is 17.6 Å². The van der Waals surface area contributed by atoms with Crippen LogP contribution in [0.25, 0.3) is 0 Å². The van der Waals surface area contributed by atoms with E-state index in [9.17, 15) is 9.90 Å². The molecular weight excluding hydrogens is 349 g/mol. The number of benzene rings is 2. The maximum atomic E-state index is 12.1. The van der Waals surface area contributed by atoms with Gasteiger partial charge in [-0.15, -0.1) is 0 Å². The maximum absolute atomic E-state index is 12.1. The zero-order valence-electron chi connectivity index (χ0n) is 13.7. The van der Waals surface area contributed by atoms with Crippen molar-refractivity contribution in [1.82, 2.24) is 0 Å². The van der Waals surface area contributed by atoms with E-state index in [-0.39, 0.29) is 23.1 Å². The minimum Gasteiger partial charge on any atom is -0.504 e. The van der Waals surface area contributed by atoms with Gasteiger partial charge in [0.25, 0.3) is 5.91 Å². The Morgan fingerprint density at radius 1 is 1.25 bits per heavy atom. The Balaban J connectivity index is 2.07. The van der Waals surface area contributed by atoms with E-state index in [4.69, 9.17) is 27.9 Å². The molecule has 0 aliphatic heterocycles. The van der Waals surface area contributed by atoms with Crippen LogP contribution < -0.4 is 10.1 Å². The topological polar surface area (TPSA) is 58.6 Å². The van der Waals surface area contributed by atoms with E-state index in [1.54, 1.807) is 0 Å². The molecule has 1 amide bonds. The highest BCUT2D eigenvalue weighted by Crippen LogP contribution is 2.39. The van der Waals surface area contributed by atoms with Crippen molar-refractivity contribution in [2.24, 2.45) is 0 Å². The third kappa shape index (κ3) is 4.13. The Kier molecular flexibility index (Phi) is 5.97. The summed E-state index contributed by atoms with van der Waals surface area (Å²) in [7, 11) is 0. The number of halogens is 2. The lowest BCUT2D eigenvalue weighted by molar-refractivity contribution is -0.118. The number of phenols is 1. The SMILES string of the molecule is CCc1c(Cl)cc(NC(=O)COc2ccc(C)cc2C)c(O)c1Cl. The molecule has 0 aromatic heterocycles. The monoisotopic (exact) mass is 367 g/mol. The first kappa shape index (κ1) is 18.4. The number of nitrogens with one attached hydrogen (secondary N) is 1. The summed E-state index contributed by atoms with van der Waals surface area (Å²) in [6.07, 6.45) is 0.579. The first-order valence-corrected chi connectivity index (χ1v) is 8.28. The molecule has 4 nitrogen and oxygen atoms in total. The zero-order chi connectivity index (χ0) is 17.9. The van der Waals surface area contributed by atoms with E-state index < -0.39 is 5.91 Å². The van der Waals surface area contributed by atoms with Gasteiger partial charge in [-0.1, -0.05) is 47.8 Å². The summed E-state index contributed by atoms with van der Waals surface area (Å²) in [5.74, 6) is 0.0248. The van der Waals surface area contributed by atoms with E-state index in [1.165, 1.54) is 6.07 Å². The van der Waals surface area contributed by atoms with Crippen molar-refractivity contribution in [3.8, 4) is 11.5 Å². The largest absolute Gasteiger partial charge is 0.504 e. The van der Waals surface area contributed by atoms with Crippen LogP contribution in [0.5, 0.6) is 11.5 Å². The number of anilines is 1. The normalized spacial score (nSPS) is 10.5. The number of carbonyl (C=O) groups is 1. The van der Waals surface area contributed by atoms with Gasteiger partial charge in [0.05, 0.1) is 10.7 Å². The Labute approximate surface area is 151 Å². The lowest BCUT2D eigenvalue weighted by atomic mass is 10.1. The first-order chi connectivity index (χ1) is 11.3. The molecular formula is C18H19Cl2NO3. The molecule has 0 heterocycles. The zero-order valence-corrected chi connectivity index (χ0v) is 15.3. The van der Waals surface area contributed by atoms with Crippen LogP contribution in [-0.2, 0) is 11.2 Å². The lowest BCUT2D eigenvalue weighted by Crippen LogP contribution is -2.20. The molecule has 0 aliphatic carbocycles. The van der Waals surface area contributed by atoms with Crippen LogP contribution in [0, 0.1) is 13.8 Å². The van der Waals surface area contributed by atoms with Crippen LogP contribution in [0.3, 0.4) is 0 Å². The fraction of sp³-hybridized carbons (Fsp3) is 0.278. The van der Waals surface area contributed by atoms with Gasteiger partial charge >= 0.3 is 0 Å². The minimum absolute atomic E-state index is 0.149. The molecule has 2 N–H and O–H groups in total. The van der Waals surface area contributed by atoms with Crippen molar-refractivity contribution in [1.29, 1.82) is 0 Å². The number of carbonyl (C=O) groups excluding carboxylic acids is 1. The first-order valence-electron chi connectivity index (χ1n) is 7.53. The summed E-state index contributed by atoms with van der Waals surface area (Å²) >= 11 is 12.2. The second-order valence-corrected chi connectivity index (χ2v) is 6.29. The summed E-state index contributed by atoms with van der Waals surface area (Å²) in [6.45, 7) is 5.59. The van der Waals surface area contributed by atoms with Gasteiger partial charge in [0.1, 0.15) is 5.75 Å². The van der Waals surface area contributed by atoms with Crippen molar-refractivity contribution in [3.05, 3.63) is 51.0 Å². The van der Waals surface area contributed by atoms with Crippen LogP contribution >= 0.6 is 23.2 Å². The molecule has 24 heavy (non-hydrogen) atoms. The summed E-state index contributed by atoms with van der Waals surface area (Å²) in [5, 5.41) is 13.2. The molecule has 2 aromatic rings. The number of rotatable bonds is 5. The molecule has 0 bridgehead atoms. The average molecular weight is 368 g/mol. The van der Waals surface area contributed by atoms with E-state index >= 15 is 0 Å². The number of amides is 1. The van der Waals surface area contributed by atoms with E-state index in [0.29, 0.717) is 22.8 Å². The van der Waals surface area contributed by atoms with Crippen molar-refractivity contribution in [2.75, 3.05) is 11.9 Å². The third-order valence-corrected chi connectivity index (χ3v) is 4.35. The van der Waals surface area contributed by atoms with E-state index in [1.807, 2.05) is 39.0 Å². The number of hydrogen-bond donors (Lipinski definition) is 2. The average Bonchev–Trinajstić information content (AvgIpc) is 2.52. The second-order valence-electron chi connectivity index (χ2n) is 5.51. The summed E-state index contributed by atoms with van der Waals surface area (Å²) in [5.41, 5.74) is 2.87. The number of ether oxygens (including phenoxy) is 1. The van der Waals surface area contributed by atoms with Crippen LogP contribution in [0.2, 0.25) is 10.0 Å². The molecule has 2 aromatic carbocycles. The highest BCUT2D eigenvalue weighted by Gasteiger charge is 2.16. The molecule has 0 saturated carbocycles. The van der Waals surface area contributed by atoms with E-state index in [2.05, 4.69) is 5.32 Å². The van der Waals surface area contributed by atoms with Gasteiger partial charge in [-0.3, -0.25) is 4.79 Å². The lowest BCUT2D eigenvalue weighted by Gasteiger charge is -2.14. The quantitative estimate of drug-likeness (QED) is 0.739. The van der Waals surface area contributed by atoms with Crippen LogP contribution in [0.4, 0.5) is 5.69 Å². The maximum Gasteiger partial charge on any atom is 0.262 e. The fourth-order valence-electron chi connectivity index (χ4n) is 2.36. The molecule has 0 aliphatic rings. The van der Waals surface area contributed by atoms with Gasteiger partial charge in [-0.25, -0.2) is 0 Å². The van der Waals surface area contributed by atoms with Gasteiger partial charge < -0.3 is 15.2 Å². The molecule has 0 unspecified atom stereocenters. The standard InChI is InChI=1S/C18H19Cl2NO3/c1-4-12-13(19)8-14(18(23)17(12)20)21-16(22)9-24-15-6-5-10(2)7-11(15)3/h5-8,23H,4,9H2,1-3H3,(H,21,22). The van der Waals surface area contributed by atoms with Crippen molar-refractivity contribution < 1.29 is 14.6 Å². The second kappa shape index (κ2) is 7.77. The Morgan fingerprint density at radius 3 is 2.58 bits per heavy atom. The van der Waals surface area contributed by atoms with Crippen LogP contribution in [0.15, 0.2) is 24.3 Å². The highest BCUT2D eigenvalue weighted by molar-refractivity contribution is 6.37. The molecule has 0 saturated heterocycles. The van der Waals surface area contributed by atoms with Gasteiger partial charge in [-0.2, -0.15) is 0 Å². The van der Waals surface area contributed by atoms with Gasteiger partial charge in [0.2, 0.25) is 0 Å². The molecule has 0 spiro atoms. The fourth-order valence-corrected chi connectivity index (χ4v) is 3.08. The molecule has 0 atom stereocenters. The molecule has 0 radical (unpaired) electrons. The smallest absolute Gasteiger partial charge is 0.262 e. The predicted octanol–water partition coefficient (Wildman–Crippen LogP) is 4.90. The van der Waals surface area contributed by atoms with Crippen LogP contribution in [0.1, 0.15) is 23.6 Å². The van der Waals surface area contributed by atoms with Gasteiger partial charge in [0.15, 0.2) is 12.4 Å². The van der Waals surface area contributed by atoms with Gasteiger partial charge in [0, 0.05) is 5.02 Å². The number of aryl methyl sites for hydroxylation is 2. The van der Waals surface area contributed by atoms with E-state index in [0.717, 1.165) is 11.1 Å². The summed E-state index contributed by atoms with van der Waals surface area (Å²) in [6, 6.07) is 7.19.